The van der Waals surface area contributed by atoms with Gasteiger partial charge in [0, 0.05) is 12.1 Å². The van der Waals surface area contributed by atoms with Crippen molar-refractivity contribution in [1.29, 1.82) is 0 Å². The van der Waals surface area contributed by atoms with Crippen molar-refractivity contribution in [3.8, 4) is 0 Å². The van der Waals surface area contributed by atoms with Gasteiger partial charge in [-0.3, -0.25) is 0 Å². The van der Waals surface area contributed by atoms with Crippen LogP contribution in [0, 0.1) is 5.92 Å². The monoisotopic (exact) mass is 314 g/mol. The Bertz CT molecular complexity index is 295. The number of rotatable bonds is 7. The van der Waals surface area contributed by atoms with E-state index < -0.39 is 8.45 Å². The first-order valence-electron chi connectivity index (χ1n) is 8.98. The van der Waals surface area contributed by atoms with Crippen LogP contribution >= 0.6 is 8.45 Å². The fourth-order valence-electron chi connectivity index (χ4n) is 3.81. The van der Waals surface area contributed by atoms with E-state index in [2.05, 4.69) is 44.2 Å². The Balaban J connectivity index is 1.95. The van der Waals surface area contributed by atoms with Crippen LogP contribution in [0.3, 0.4) is 0 Å². The van der Waals surface area contributed by atoms with Crippen molar-refractivity contribution in [2.75, 3.05) is 14.1 Å². The van der Waals surface area contributed by atoms with Crippen molar-refractivity contribution in [1.82, 2.24) is 9.34 Å². The predicted octanol–water partition coefficient (Wildman–Crippen LogP) is 5.02. The Labute approximate surface area is 133 Å². The van der Waals surface area contributed by atoms with Crippen molar-refractivity contribution in [3.63, 3.8) is 0 Å². The minimum atomic E-state index is -0.544. The molecule has 2 aliphatic rings. The Kier molecular flexibility index (Phi) is 6.93. The summed E-state index contributed by atoms with van der Waals surface area (Å²) >= 11 is 0. The second-order valence-corrected chi connectivity index (χ2v) is 9.18. The summed E-state index contributed by atoms with van der Waals surface area (Å²) in [5.41, 5.74) is 0. The average molecular weight is 314 g/mol. The highest BCUT2D eigenvalue weighted by molar-refractivity contribution is 7.47. The maximum absolute atomic E-state index is 6.65. The van der Waals surface area contributed by atoms with Gasteiger partial charge in [0.2, 0.25) is 0 Å². The number of fused-ring (bicyclic) bond motifs is 1. The van der Waals surface area contributed by atoms with E-state index >= 15 is 0 Å². The van der Waals surface area contributed by atoms with Crippen LogP contribution in [0.15, 0.2) is 0 Å². The number of nitrogens with zero attached hydrogens (tertiary/aromatic N) is 2. The van der Waals surface area contributed by atoms with Crippen LogP contribution < -0.4 is 0 Å². The quantitative estimate of drug-likeness (QED) is 0.484. The number of likely N-dealkylation sites (N-methyl/N-ethyl adjacent to an activating group) is 2. The molecular formula is C17H35N2OP. The van der Waals surface area contributed by atoms with Crippen LogP contribution in [0.25, 0.3) is 0 Å². The highest BCUT2D eigenvalue weighted by Crippen LogP contribution is 2.57. The molecule has 0 aromatic rings. The second-order valence-electron chi connectivity index (χ2n) is 7.20. The first kappa shape index (κ1) is 17.7. The molecule has 21 heavy (non-hydrogen) atoms. The fraction of sp³-hybridized carbons (Fsp3) is 1.00. The molecule has 124 valence electrons. The molecule has 0 spiro atoms. The van der Waals surface area contributed by atoms with Gasteiger partial charge in [-0.25, -0.2) is 9.34 Å². The molecule has 0 N–H and O–H groups in total. The van der Waals surface area contributed by atoms with Gasteiger partial charge >= 0.3 is 0 Å². The summed E-state index contributed by atoms with van der Waals surface area (Å²) in [5, 5.41) is 0. The van der Waals surface area contributed by atoms with E-state index in [-0.39, 0.29) is 0 Å². The Hall–Kier alpha value is 0.310. The van der Waals surface area contributed by atoms with Crippen LogP contribution in [0.1, 0.15) is 72.1 Å². The topological polar surface area (TPSA) is 15.7 Å². The summed E-state index contributed by atoms with van der Waals surface area (Å²) < 4.78 is 11.8. The van der Waals surface area contributed by atoms with Gasteiger partial charge in [-0.15, -0.1) is 0 Å². The van der Waals surface area contributed by atoms with Gasteiger partial charge in [-0.05, 0) is 39.3 Å². The van der Waals surface area contributed by atoms with Gasteiger partial charge < -0.3 is 4.52 Å². The lowest BCUT2D eigenvalue weighted by atomic mass is 9.91. The third kappa shape index (κ3) is 4.19. The van der Waals surface area contributed by atoms with Gasteiger partial charge in [0.1, 0.15) is 0 Å². The standard InChI is InChI=1S/C17H35N2OP/c1-6-7-8-13-17(14(2)3)20-21-18(4)15-11-9-10-12-16(15)19(21)5/h14-17H,6-13H2,1-5H3/t15-,16-,17?/m1/s1. The molecule has 2 fully saturated rings. The van der Waals surface area contributed by atoms with Crippen molar-refractivity contribution in [2.24, 2.45) is 5.92 Å². The van der Waals surface area contributed by atoms with Gasteiger partial charge in [0.15, 0.2) is 8.45 Å². The lowest BCUT2D eigenvalue weighted by molar-refractivity contribution is 0.138. The second kappa shape index (κ2) is 8.24. The number of hydrogen-bond donors (Lipinski definition) is 0. The van der Waals surface area contributed by atoms with E-state index in [4.69, 9.17) is 4.52 Å². The Morgan fingerprint density at radius 2 is 1.62 bits per heavy atom. The largest absolute Gasteiger partial charge is 0.328 e. The van der Waals surface area contributed by atoms with E-state index in [0.717, 1.165) is 12.1 Å². The Morgan fingerprint density at radius 3 is 2.10 bits per heavy atom. The van der Waals surface area contributed by atoms with Crippen molar-refractivity contribution in [3.05, 3.63) is 0 Å². The first-order valence-corrected chi connectivity index (χ1v) is 10.1. The number of hydrogen-bond acceptors (Lipinski definition) is 3. The molecule has 1 aliphatic carbocycles. The average Bonchev–Trinajstić information content (AvgIpc) is 2.71. The van der Waals surface area contributed by atoms with E-state index in [1.807, 2.05) is 0 Å². The number of unbranched alkanes of at least 4 members (excludes halogenated alkanes) is 2. The maximum atomic E-state index is 6.65. The normalized spacial score (nSPS) is 30.0. The van der Waals surface area contributed by atoms with Crippen molar-refractivity contribution in [2.45, 2.75) is 90.3 Å². The highest BCUT2D eigenvalue weighted by Gasteiger charge is 2.46. The summed E-state index contributed by atoms with van der Waals surface area (Å²) in [6.45, 7) is 6.91. The molecule has 0 aromatic carbocycles. The Morgan fingerprint density at radius 1 is 1.05 bits per heavy atom. The highest BCUT2D eigenvalue weighted by atomic mass is 31.2. The van der Waals surface area contributed by atoms with E-state index in [9.17, 15) is 0 Å². The molecule has 1 heterocycles. The summed E-state index contributed by atoms with van der Waals surface area (Å²) in [6.07, 6.45) is 11.1. The maximum Gasteiger partial charge on any atom is 0.188 e. The van der Waals surface area contributed by atoms with Gasteiger partial charge in [0.05, 0.1) is 6.10 Å². The summed E-state index contributed by atoms with van der Waals surface area (Å²) in [5.74, 6) is 0.619. The molecule has 1 saturated heterocycles. The molecule has 0 bridgehead atoms. The predicted molar refractivity (Wildman–Crippen MR) is 92.3 cm³/mol. The van der Waals surface area contributed by atoms with E-state index in [1.54, 1.807) is 0 Å². The molecular weight excluding hydrogens is 279 g/mol. The summed E-state index contributed by atoms with van der Waals surface area (Å²) in [7, 11) is 4.04. The zero-order valence-corrected chi connectivity index (χ0v) is 15.6. The SMILES string of the molecule is CCCCCC(OP1N(C)[C@@H]2CCCC[C@H]2N1C)C(C)C. The zero-order valence-electron chi connectivity index (χ0n) is 14.7. The molecule has 0 radical (unpaired) electrons. The lowest BCUT2D eigenvalue weighted by Gasteiger charge is -2.31. The van der Waals surface area contributed by atoms with Gasteiger partial charge in [-0.1, -0.05) is 52.9 Å². The minimum absolute atomic E-state index is 0.424. The zero-order chi connectivity index (χ0) is 15.4. The van der Waals surface area contributed by atoms with E-state index in [0.29, 0.717) is 12.0 Å². The molecule has 1 aliphatic heterocycles. The van der Waals surface area contributed by atoms with Crippen LogP contribution in [0.5, 0.6) is 0 Å². The van der Waals surface area contributed by atoms with Crippen molar-refractivity contribution < 1.29 is 4.52 Å². The van der Waals surface area contributed by atoms with Crippen molar-refractivity contribution >= 4 is 8.45 Å². The molecule has 0 amide bonds. The van der Waals surface area contributed by atoms with Crippen LogP contribution in [-0.2, 0) is 4.52 Å². The molecule has 1 unspecified atom stereocenters. The first-order chi connectivity index (χ1) is 10.1. The smallest absolute Gasteiger partial charge is 0.188 e. The molecule has 1 saturated carbocycles. The van der Waals surface area contributed by atoms with E-state index in [1.165, 1.54) is 51.4 Å². The van der Waals surface area contributed by atoms with Crippen LogP contribution in [0.2, 0.25) is 0 Å². The van der Waals surface area contributed by atoms with Gasteiger partial charge in [0.25, 0.3) is 0 Å². The summed E-state index contributed by atoms with van der Waals surface area (Å²) in [6, 6.07) is 1.47. The minimum Gasteiger partial charge on any atom is -0.328 e. The fourth-order valence-corrected chi connectivity index (χ4v) is 6.19. The third-order valence-electron chi connectivity index (χ3n) is 5.26. The molecule has 0 aromatic heterocycles. The molecule has 3 nitrogen and oxygen atoms in total. The molecule has 3 atom stereocenters. The summed E-state index contributed by atoms with van der Waals surface area (Å²) in [4.78, 5) is 0. The third-order valence-corrected chi connectivity index (χ3v) is 7.39. The molecule has 2 rings (SSSR count). The van der Waals surface area contributed by atoms with Crippen LogP contribution in [-0.4, -0.2) is 41.6 Å². The van der Waals surface area contributed by atoms with Crippen LogP contribution in [0.4, 0.5) is 0 Å². The lowest BCUT2D eigenvalue weighted by Crippen LogP contribution is -2.37. The molecule has 4 heteroatoms. The van der Waals surface area contributed by atoms with Gasteiger partial charge in [-0.2, -0.15) is 0 Å².